The lowest BCUT2D eigenvalue weighted by Crippen LogP contribution is -2.39. The Morgan fingerprint density at radius 1 is 1.18 bits per heavy atom. The van der Waals surface area contributed by atoms with Crippen LogP contribution in [0.4, 0.5) is 0 Å². The number of allylic oxidation sites excluding steroid dienone is 1. The van der Waals surface area contributed by atoms with E-state index in [1.54, 1.807) is 27.0 Å². The van der Waals surface area contributed by atoms with Crippen molar-refractivity contribution in [3.63, 3.8) is 0 Å². The van der Waals surface area contributed by atoms with Crippen LogP contribution < -0.4 is 19.6 Å². The van der Waals surface area contributed by atoms with Gasteiger partial charge in [0.25, 0.3) is 5.56 Å². The zero-order valence-corrected chi connectivity index (χ0v) is 22.9. The third-order valence-corrected chi connectivity index (χ3v) is 7.51. The molecule has 9 heteroatoms. The van der Waals surface area contributed by atoms with Crippen molar-refractivity contribution < 1.29 is 18.7 Å². The first-order valence-electron chi connectivity index (χ1n) is 12.0. The number of furan rings is 1. The highest BCUT2D eigenvalue weighted by Gasteiger charge is 2.33. The molecule has 5 rings (SSSR count). The van der Waals surface area contributed by atoms with Gasteiger partial charge in [0.15, 0.2) is 4.80 Å². The highest BCUT2D eigenvalue weighted by molar-refractivity contribution is 7.07. The standard InChI is InChI=1S/C29H25ClN2O5S/c1-5-36-28(34)25-17(3)31-29-32(26(25)18-7-6-8-20(13-18)35-4)27(33)24(38-29)15-21-11-12-23(37-21)22-14-19(30)10-9-16(22)2/h6-15,26H,5H2,1-4H3/b24-15+. The van der Waals surface area contributed by atoms with Crippen LogP contribution in [0.3, 0.4) is 0 Å². The first-order valence-corrected chi connectivity index (χ1v) is 13.2. The van der Waals surface area contributed by atoms with Crippen molar-refractivity contribution in [2.24, 2.45) is 4.99 Å². The van der Waals surface area contributed by atoms with Crippen LogP contribution in [0.25, 0.3) is 17.4 Å². The van der Waals surface area contributed by atoms with E-state index in [4.69, 9.17) is 25.5 Å². The molecule has 1 aliphatic rings. The maximum atomic E-state index is 13.8. The highest BCUT2D eigenvalue weighted by atomic mass is 35.5. The number of aryl methyl sites for hydroxylation is 1. The smallest absolute Gasteiger partial charge is 0.338 e. The summed E-state index contributed by atoms with van der Waals surface area (Å²) in [7, 11) is 1.57. The van der Waals surface area contributed by atoms with Gasteiger partial charge in [-0.15, -0.1) is 0 Å². The molecule has 0 aliphatic carbocycles. The Hall–Kier alpha value is -3.88. The predicted molar refractivity (Wildman–Crippen MR) is 147 cm³/mol. The number of rotatable bonds is 6. The molecule has 0 radical (unpaired) electrons. The largest absolute Gasteiger partial charge is 0.497 e. The molecule has 0 bridgehead atoms. The van der Waals surface area contributed by atoms with E-state index >= 15 is 0 Å². The summed E-state index contributed by atoms with van der Waals surface area (Å²) in [4.78, 5) is 31.9. The normalized spacial score (nSPS) is 15.3. The molecular weight excluding hydrogens is 524 g/mol. The van der Waals surface area contributed by atoms with E-state index in [-0.39, 0.29) is 12.2 Å². The predicted octanol–water partition coefficient (Wildman–Crippen LogP) is 5.03. The van der Waals surface area contributed by atoms with Crippen LogP contribution in [0.5, 0.6) is 5.75 Å². The second-order valence-corrected chi connectivity index (χ2v) is 10.2. The van der Waals surface area contributed by atoms with Gasteiger partial charge in [0, 0.05) is 16.7 Å². The summed E-state index contributed by atoms with van der Waals surface area (Å²) in [5, 5.41) is 0.613. The Labute approximate surface area is 227 Å². The molecule has 2 aromatic carbocycles. The van der Waals surface area contributed by atoms with Crippen LogP contribution in [0, 0.1) is 6.92 Å². The Morgan fingerprint density at radius 2 is 2.00 bits per heavy atom. The van der Waals surface area contributed by atoms with Crippen LogP contribution in [0.1, 0.15) is 36.8 Å². The number of halogens is 1. The third kappa shape index (κ3) is 4.73. The molecule has 3 heterocycles. The van der Waals surface area contributed by atoms with Gasteiger partial charge in [-0.1, -0.05) is 41.1 Å². The van der Waals surface area contributed by atoms with Gasteiger partial charge < -0.3 is 13.9 Å². The second-order valence-electron chi connectivity index (χ2n) is 8.74. The van der Waals surface area contributed by atoms with E-state index in [9.17, 15) is 9.59 Å². The van der Waals surface area contributed by atoms with Crippen molar-refractivity contribution in [1.82, 2.24) is 4.57 Å². The molecule has 1 unspecified atom stereocenters. The number of fused-ring (bicyclic) bond motifs is 1. The zero-order chi connectivity index (χ0) is 27.0. The molecule has 0 amide bonds. The molecule has 1 aliphatic heterocycles. The number of esters is 1. The van der Waals surface area contributed by atoms with Gasteiger partial charge in [0.05, 0.1) is 35.6 Å². The van der Waals surface area contributed by atoms with E-state index in [1.807, 2.05) is 61.5 Å². The Kier molecular flexibility index (Phi) is 7.10. The van der Waals surface area contributed by atoms with Crippen LogP contribution in [0.2, 0.25) is 5.02 Å². The fraction of sp³-hybridized carbons (Fsp3) is 0.207. The van der Waals surface area contributed by atoms with Crippen molar-refractivity contribution in [2.45, 2.75) is 26.8 Å². The third-order valence-electron chi connectivity index (χ3n) is 6.29. The molecule has 0 saturated carbocycles. The van der Waals surface area contributed by atoms with Crippen LogP contribution in [-0.4, -0.2) is 24.3 Å². The Morgan fingerprint density at radius 3 is 2.76 bits per heavy atom. The van der Waals surface area contributed by atoms with Crippen LogP contribution in [0.15, 0.2) is 80.1 Å². The molecule has 0 N–H and O–H groups in total. The quantitative estimate of drug-likeness (QED) is 0.316. The van der Waals surface area contributed by atoms with Crippen molar-refractivity contribution in [3.8, 4) is 17.1 Å². The molecule has 4 aromatic rings. The molecule has 0 fully saturated rings. The molecule has 0 saturated heterocycles. The summed E-state index contributed by atoms with van der Waals surface area (Å²) < 4.78 is 18.8. The lowest BCUT2D eigenvalue weighted by atomic mass is 9.95. The van der Waals surface area contributed by atoms with Gasteiger partial charge in [0.2, 0.25) is 0 Å². The number of benzene rings is 2. The molecule has 38 heavy (non-hydrogen) atoms. The molecule has 0 spiro atoms. The lowest BCUT2D eigenvalue weighted by molar-refractivity contribution is -0.139. The van der Waals surface area contributed by atoms with E-state index in [1.165, 1.54) is 15.9 Å². The molecular formula is C29H25ClN2O5S. The number of hydrogen-bond acceptors (Lipinski definition) is 7. The van der Waals surface area contributed by atoms with Gasteiger partial charge in [-0.2, -0.15) is 0 Å². The van der Waals surface area contributed by atoms with Gasteiger partial charge >= 0.3 is 5.97 Å². The van der Waals surface area contributed by atoms with Crippen molar-refractivity contribution in [1.29, 1.82) is 0 Å². The van der Waals surface area contributed by atoms with Gasteiger partial charge in [-0.25, -0.2) is 9.79 Å². The summed E-state index contributed by atoms with van der Waals surface area (Å²) in [5.41, 5.74) is 3.15. The average Bonchev–Trinajstić information content (AvgIpc) is 3.49. The lowest BCUT2D eigenvalue weighted by Gasteiger charge is -2.24. The summed E-state index contributed by atoms with van der Waals surface area (Å²) in [6.07, 6.45) is 1.69. The minimum Gasteiger partial charge on any atom is -0.497 e. The second kappa shape index (κ2) is 10.5. The van der Waals surface area contributed by atoms with Gasteiger partial charge in [-0.05, 0) is 68.3 Å². The number of nitrogens with zero attached hydrogens (tertiary/aromatic N) is 2. The molecule has 2 aromatic heterocycles. The number of thiazole rings is 1. The van der Waals surface area contributed by atoms with Crippen molar-refractivity contribution in [3.05, 3.63) is 107 Å². The molecule has 1 atom stereocenters. The van der Waals surface area contributed by atoms with Crippen molar-refractivity contribution in [2.75, 3.05) is 13.7 Å². The minimum atomic E-state index is -0.719. The number of hydrogen-bond donors (Lipinski definition) is 0. The number of carbonyl (C=O) groups is 1. The molecule has 7 nitrogen and oxygen atoms in total. The summed E-state index contributed by atoms with van der Waals surface area (Å²) in [5.74, 6) is 1.27. The maximum absolute atomic E-state index is 13.8. The Balaban J connectivity index is 1.65. The van der Waals surface area contributed by atoms with Gasteiger partial charge in [-0.3, -0.25) is 9.36 Å². The first-order chi connectivity index (χ1) is 18.3. The van der Waals surface area contributed by atoms with Crippen molar-refractivity contribution >= 4 is 35.0 Å². The minimum absolute atomic E-state index is 0.206. The Bertz CT molecular complexity index is 1760. The van der Waals surface area contributed by atoms with E-state index in [0.717, 1.165) is 11.1 Å². The maximum Gasteiger partial charge on any atom is 0.338 e. The average molecular weight is 549 g/mol. The summed E-state index contributed by atoms with van der Waals surface area (Å²) in [6, 6.07) is 15.8. The van der Waals surface area contributed by atoms with E-state index in [0.29, 0.717) is 48.5 Å². The van der Waals surface area contributed by atoms with Gasteiger partial charge in [0.1, 0.15) is 17.3 Å². The summed E-state index contributed by atoms with van der Waals surface area (Å²) >= 11 is 7.42. The fourth-order valence-electron chi connectivity index (χ4n) is 4.48. The van der Waals surface area contributed by atoms with E-state index < -0.39 is 12.0 Å². The monoisotopic (exact) mass is 548 g/mol. The molecule has 194 valence electrons. The fourth-order valence-corrected chi connectivity index (χ4v) is 5.68. The summed E-state index contributed by atoms with van der Waals surface area (Å²) in [6.45, 7) is 5.68. The topological polar surface area (TPSA) is 83.0 Å². The van der Waals surface area contributed by atoms with Crippen LogP contribution >= 0.6 is 22.9 Å². The first kappa shape index (κ1) is 25.8. The highest BCUT2D eigenvalue weighted by Crippen LogP contribution is 2.32. The van der Waals surface area contributed by atoms with E-state index in [2.05, 4.69) is 4.99 Å². The van der Waals surface area contributed by atoms with Crippen LogP contribution in [-0.2, 0) is 9.53 Å². The number of ether oxygens (including phenoxy) is 2. The number of carbonyl (C=O) groups excluding carboxylic acids is 1. The number of methoxy groups -OCH3 is 1. The SMILES string of the molecule is CCOC(=O)C1=C(C)N=c2s/c(=C/c3ccc(-c4cc(Cl)ccc4C)o3)c(=O)n2C1c1cccc(OC)c1. The zero-order valence-electron chi connectivity index (χ0n) is 21.3. The number of aromatic nitrogens is 1.